The quantitative estimate of drug-likeness (QED) is 0.643. The largest absolute Gasteiger partial charge is 0.444 e. The van der Waals surface area contributed by atoms with Gasteiger partial charge in [0.15, 0.2) is 0 Å². The maximum atomic E-state index is 11.9. The summed E-state index contributed by atoms with van der Waals surface area (Å²) in [6.45, 7) is 5.68. The smallest absolute Gasteiger partial charge is 0.407 e. The van der Waals surface area contributed by atoms with Crippen LogP contribution in [-0.4, -0.2) is 50.3 Å². The summed E-state index contributed by atoms with van der Waals surface area (Å²) in [5.41, 5.74) is -0.313. The molecule has 0 spiro atoms. The number of pyridine rings is 1. The van der Waals surface area contributed by atoms with E-state index in [9.17, 15) is 18.0 Å². The van der Waals surface area contributed by atoms with Crippen molar-refractivity contribution in [2.75, 3.05) is 24.1 Å². The molecule has 0 radical (unpaired) electrons. The molecular weight excluding hydrogens is 336 g/mol. The molecule has 9 nitrogen and oxygen atoms in total. The molecule has 3 N–H and O–H groups in total. The molecular formula is C14H22N4O5S. The van der Waals surface area contributed by atoms with Gasteiger partial charge in [-0.15, -0.1) is 0 Å². The lowest BCUT2D eigenvalue weighted by Crippen LogP contribution is -2.37. The van der Waals surface area contributed by atoms with Crippen LogP contribution in [0, 0.1) is 0 Å². The van der Waals surface area contributed by atoms with Gasteiger partial charge in [-0.05, 0) is 32.9 Å². The first kappa shape index (κ1) is 19.7. The van der Waals surface area contributed by atoms with Gasteiger partial charge in [0.25, 0.3) is 5.91 Å². The maximum absolute atomic E-state index is 11.9. The molecule has 0 aromatic carbocycles. The summed E-state index contributed by atoms with van der Waals surface area (Å²) in [4.78, 5) is 27.1. The molecule has 0 aliphatic carbocycles. The molecule has 2 amide bonds. The minimum atomic E-state index is -3.41. The number of ether oxygens (including phenoxy) is 1. The topological polar surface area (TPSA) is 126 Å². The first-order valence-corrected chi connectivity index (χ1v) is 9.04. The van der Waals surface area contributed by atoms with Crippen LogP contribution in [0.3, 0.4) is 0 Å². The fraction of sp³-hybridized carbons (Fsp3) is 0.500. The highest BCUT2D eigenvalue weighted by atomic mass is 32.2. The third-order valence-electron chi connectivity index (χ3n) is 2.39. The van der Waals surface area contributed by atoms with Gasteiger partial charge in [0.1, 0.15) is 11.4 Å². The molecule has 0 saturated carbocycles. The summed E-state index contributed by atoms with van der Waals surface area (Å²) in [5.74, 6) is -0.264. The number of rotatable bonds is 6. The molecule has 0 fully saturated rings. The monoisotopic (exact) mass is 358 g/mol. The van der Waals surface area contributed by atoms with Gasteiger partial charge in [0.2, 0.25) is 10.0 Å². The number of carbonyl (C=O) groups excluding carboxylic acids is 2. The average Bonchev–Trinajstić information content (AvgIpc) is 2.40. The van der Waals surface area contributed by atoms with E-state index in [-0.39, 0.29) is 30.4 Å². The van der Waals surface area contributed by atoms with Gasteiger partial charge in [-0.25, -0.2) is 18.2 Å². The number of amides is 2. The molecule has 0 bridgehead atoms. The predicted octanol–water partition coefficient (Wildman–Crippen LogP) is 0.708. The molecule has 1 aromatic rings. The number of hydrogen-bond acceptors (Lipinski definition) is 6. The minimum Gasteiger partial charge on any atom is -0.444 e. The van der Waals surface area contributed by atoms with E-state index < -0.39 is 21.7 Å². The van der Waals surface area contributed by atoms with E-state index in [1.165, 1.54) is 18.3 Å². The van der Waals surface area contributed by atoms with E-state index >= 15 is 0 Å². The molecule has 10 heteroatoms. The maximum Gasteiger partial charge on any atom is 0.407 e. The molecule has 1 rings (SSSR count). The number of aromatic nitrogens is 1. The lowest BCUT2D eigenvalue weighted by atomic mass is 10.2. The Balaban J connectivity index is 2.39. The first-order valence-electron chi connectivity index (χ1n) is 7.15. The summed E-state index contributed by atoms with van der Waals surface area (Å²) in [5, 5.41) is 5.11. The number of nitrogens with zero attached hydrogens (tertiary/aromatic N) is 1. The van der Waals surface area contributed by atoms with Crippen LogP contribution in [0.15, 0.2) is 18.3 Å². The Morgan fingerprint density at radius 3 is 2.29 bits per heavy atom. The highest BCUT2D eigenvalue weighted by Crippen LogP contribution is 2.07. The second kappa shape index (κ2) is 7.95. The van der Waals surface area contributed by atoms with Crippen LogP contribution in [0.1, 0.15) is 31.1 Å². The van der Waals surface area contributed by atoms with E-state index in [4.69, 9.17) is 4.74 Å². The van der Waals surface area contributed by atoms with Crippen molar-refractivity contribution in [2.45, 2.75) is 26.4 Å². The van der Waals surface area contributed by atoms with E-state index in [1.54, 1.807) is 20.8 Å². The molecule has 0 saturated heterocycles. The molecule has 0 aliphatic rings. The van der Waals surface area contributed by atoms with Gasteiger partial charge >= 0.3 is 6.09 Å². The van der Waals surface area contributed by atoms with Gasteiger partial charge in [0.05, 0.1) is 11.8 Å². The Bertz CT molecular complexity index is 680. The van der Waals surface area contributed by atoms with Crippen molar-refractivity contribution in [3.8, 4) is 0 Å². The van der Waals surface area contributed by atoms with Crippen LogP contribution in [-0.2, 0) is 14.8 Å². The Morgan fingerprint density at radius 2 is 1.79 bits per heavy atom. The fourth-order valence-electron chi connectivity index (χ4n) is 1.54. The summed E-state index contributed by atoms with van der Waals surface area (Å²) in [7, 11) is -3.41. The molecule has 1 heterocycles. The zero-order chi connectivity index (χ0) is 18.4. The van der Waals surface area contributed by atoms with Crippen molar-refractivity contribution in [3.63, 3.8) is 0 Å². The first-order chi connectivity index (χ1) is 11.0. The van der Waals surface area contributed by atoms with Crippen LogP contribution in [0.2, 0.25) is 0 Å². The average molecular weight is 358 g/mol. The highest BCUT2D eigenvalue weighted by Gasteiger charge is 2.15. The number of hydrogen-bond donors (Lipinski definition) is 3. The lowest BCUT2D eigenvalue weighted by Gasteiger charge is -2.19. The molecule has 134 valence electrons. The normalized spacial score (nSPS) is 11.5. The number of nitrogens with one attached hydrogen (secondary N) is 3. The number of alkyl carbamates (subject to hydrolysis) is 1. The van der Waals surface area contributed by atoms with E-state index in [0.717, 1.165) is 6.26 Å². The van der Waals surface area contributed by atoms with E-state index in [1.807, 2.05) is 0 Å². The second-order valence-electron chi connectivity index (χ2n) is 5.99. The van der Waals surface area contributed by atoms with Gasteiger partial charge in [-0.2, -0.15) is 0 Å². The van der Waals surface area contributed by atoms with Crippen molar-refractivity contribution in [2.24, 2.45) is 0 Å². The number of anilines is 1. The predicted molar refractivity (Wildman–Crippen MR) is 89.3 cm³/mol. The summed E-state index contributed by atoms with van der Waals surface area (Å²) in [6, 6.07) is 2.83. The molecule has 0 atom stereocenters. The van der Waals surface area contributed by atoms with Gasteiger partial charge < -0.3 is 15.4 Å². The molecule has 24 heavy (non-hydrogen) atoms. The van der Waals surface area contributed by atoms with Crippen LogP contribution in [0.5, 0.6) is 0 Å². The van der Waals surface area contributed by atoms with Crippen molar-refractivity contribution < 1.29 is 22.7 Å². The second-order valence-corrected chi connectivity index (χ2v) is 7.74. The van der Waals surface area contributed by atoms with E-state index in [2.05, 4.69) is 20.3 Å². The SMILES string of the molecule is CC(C)(C)OC(=O)NCCNC(=O)c1ccc(NS(C)(=O)=O)nc1. The zero-order valence-electron chi connectivity index (χ0n) is 14.0. The Labute approximate surface area is 141 Å². The summed E-state index contributed by atoms with van der Waals surface area (Å²) < 4.78 is 29.4. The summed E-state index contributed by atoms with van der Waals surface area (Å²) >= 11 is 0. The third kappa shape index (κ3) is 8.32. The molecule has 1 aromatic heterocycles. The standard InChI is InChI=1S/C14H22N4O5S/c1-14(2,3)23-13(20)16-8-7-15-12(19)10-5-6-11(17-9-10)18-24(4,21)22/h5-6,9H,7-8H2,1-4H3,(H,15,19)(H,16,20)(H,17,18). The third-order valence-corrected chi connectivity index (χ3v) is 2.97. The number of sulfonamides is 1. The van der Waals surface area contributed by atoms with Crippen LogP contribution in [0.4, 0.5) is 10.6 Å². The summed E-state index contributed by atoms with van der Waals surface area (Å²) in [6.07, 6.45) is 1.70. The highest BCUT2D eigenvalue weighted by molar-refractivity contribution is 7.92. The van der Waals surface area contributed by atoms with Crippen LogP contribution in [0.25, 0.3) is 0 Å². The Morgan fingerprint density at radius 1 is 1.17 bits per heavy atom. The lowest BCUT2D eigenvalue weighted by molar-refractivity contribution is 0.0526. The molecule has 0 aliphatic heterocycles. The van der Waals surface area contributed by atoms with Crippen molar-refractivity contribution in [1.82, 2.24) is 15.6 Å². The Hall–Kier alpha value is -2.36. The van der Waals surface area contributed by atoms with Gasteiger partial charge in [0, 0.05) is 19.3 Å². The zero-order valence-corrected chi connectivity index (χ0v) is 14.9. The number of carbonyl (C=O) groups is 2. The van der Waals surface area contributed by atoms with Gasteiger partial charge in [-0.1, -0.05) is 0 Å². The van der Waals surface area contributed by atoms with Crippen molar-refractivity contribution in [1.29, 1.82) is 0 Å². The van der Waals surface area contributed by atoms with Crippen molar-refractivity contribution >= 4 is 27.8 Å². The van der Waals surface area contributed by atoms with E-state index in [0.29, 0.717) is 0 Å². The van der Waals surface area contributed by atoms with Crippen LogP contribution < -0.4 is 15.4 Å². The Kier molecular flexibility index (Phi) is 6.52. The van der Waals surface area contributed by atoms with Crippen molar-refractivity contribution in [3.05, 3.63) is 23.9 Å². The molecule has 0 unspecified atom stereocenters. The van der Waals surface area contributed by atoms with Gasteiger partial charge in [-0.3, -0.25) is 9.52 Å². The minimum absolute atomic E-state index is 0.126. The van der Waals surface area contributed by atoms with Crippen LogP contribution >= 0.6 is 0 Å². The fourth-order valence-corrected chi connectivity index (χ4v) is 2.04.